The number of carbonyl (C=O) groups excluding carboxylic acids is 1. The average Bonchev–Trinajstić information content (AvgIpc) is 2.18. The Morgan fingerprint density at radius 1 is 1.33 bits per heavy atom. The number of amides is 1. The van der Waals surface area contributed by atoms with Crippen molar-refractivity contribution in [3.05, 3.63) is 34.9 Å². The van der Waals surface area contributed by atoms with E-state index in [1.54, 1.807) is 0 Å². The van der Waals surface area contributed by atoms with Crippen LogP contribution >= 0.6 is 11.6 Å². The minimum atomic E-state index is -0.468. The Morgan fingerprint density at radius 3 is 2.39 bits per heavy atom. The van der Waals surface area contributed by atoms with Gasteiger partial charge in [0.05, 0.1) is 0 Å². The highest BCUT2D eigenvalue weighted by molar-refractivity contribution is 6.30. The van der Waals surface area contributed by atoms with Crippen molar-refractivity contribution >= 4 is 17.7 Å². The predicted molar refractivity (Wildman–Crippen MR) is 74.0 cm³/mol. The highest BCUT2D eigenvalue weighted by Crippen LogP contribution is 2.11. The molecule has 0 radical (unpaired) electrons. The molecule has 1 atom stereocenters. The monoisotopic (exact) mass is 269 g/mol. The van der Waals surface area contributed by atoms with Crippen molar-refractivity contribution in [2.45, 2.75) is 45.8 Å². The van der Waals surface area contributed by atoms with E-state index >= 15 is 0 Å². The van der Waals surface area contributed by atoms with E-state index < -0.39 is 5.60 Å². The number of hydrogen-bond donors (Lipinski definition) is 1. The van der Waals surface area contributed by atoms with E-state index in [-0.39, 0.29) is 12.1 Å². The van der Waals surface area contributed by atoms with Crippen LogP contribution in [0, 0.1) is 0 Å². The standard InChI is InChI=1S/C14H20ClNO2/c1-10(16-13(17)18-14(2,3)4)9-11-5-7-12(15)8-6-11/h5-8,10H,9H2,1-4H3,(H,16,17). The lowest BCUT2D eigenvalue weighted by molar-refractivity contribution is 0.0508. The summed E-state index contributed by atoms with van der Waals surface area (Å²) < 4.78 is 5.19. The van der Waals surface area contributed by atoms with Crippen LogP contribution in [0.4, 0.5) is 4.79 Å². The van der Waals surface area contributed by atoms with Gasteiger partial charge in [0.15, 0.2) is 0 Å². The number of rotatable bonds is 3. The summed E-state index contributed by atoms with van der Waals surface area (Å²) in [4.78, 5) is 11.6. The molecule has 3 nitrogen and oxygen atoms in total. The van der Waals surface area contributed by atoms with Gasteiger partial charge in [0, 0.05) is 11.1 Å². The molecule has 4 heteroatoms. The van der Waals surface area contributed by atoms with E-state index in [9.17, 15) is 4.79 Å². The highest BCUT2D eigenvalue weighted by atomic mass is 35.5. The molecule has 1 N–H and O–H groups in total. The largest absolute Gasteiger partial charge is 0.444 e. The number of nitrogens with one attached hydrogen (secondary N) is 1. The lowest BCUT2D eigenvalue weighted by Gasteiger charge is -2.22. The molecule has 1 amide bonds. The molecule has 0 fully saturated rings. The summed E-state index contributed by atoms with van der Waals surface area (Å²) in [5.74, 6) is 0. The van der Waals surface area contributed by atoms with Crippen molar-refractivity contribution in [2.75, 3.05) is 0 Å². The van der Waals surface area contributed by atoms with Gasteiger partial charge in [-0.3, -0.25) is 0 Å². The van der Waals surface area contributed by atoms with Gasteiger partial charge in [-0.25, -0.2) is 4.79 Å². The van der Waals surface area contributed by atoms with Crippen LogP contribution in [0.15, 0.2) is 24.3 Å². The number of carbonyl (C=O) groups is 1. The Hall–Kier alpha value is -1.22. The van der Waals surface area contributed by atoms with Crippen molar-refractivity contribution in [1.82, 2.24) is 5.32 Å². The van der Waals surface area contributed by atoms with E-state index in [1.807, 2.05) is 52.0 Å². The second-order valence-corrected chi connectivity index (χ2v) is 5.81. The summed E-state index contributed by atoms with van der Waals surface area (Å²) in [6.07, 6.45) is 0.361. The van der Waals surface area contributed by atoms with Crippen LogP contribution in [0.1, 0.15) is 33.3 Å². The molecule has 0 aliphatic rings. The number of hydrogen-bond acceptors (Lipinski definition) is 2. The van der Waals surface area contributed by atoms with Crippen LogP contribution in [0.3, 0.4) is 0 Å². The number of benzene rings is 1. The highest BCUT2D eigenvalue weighted by Gasteiger charge is 2.17. The second-order valence-electron chi connectivity index (χ2n) is 5.38. The first-order chi connectivity index (χ1) is 8.26. The fourth-order valence-electron chi connectivity index (χ4n) is 1.53. The fourth-order valence-corrected chi connectivity index (χ4v) is 1.66. The molecule has 1 aromatic rings. The van der Waals surface area contributed by atoms with E-state index in [2.05, 4.69) is 5.32 Å². The topological polar surface area (TPSA) is 38.3 Å². The predicted octanol–water partition coefficient (Wildman–Crippen LogP) is 3.80. The first kappa shape index (κ1) is 14.8. The van der Waals surface area contributed by atoms with E-state index in [1.165, 1.54) is 0 Å². The van der Waals surface area contributed by atoms with Crippen LogP contribution in [0.25, 0.3) is 0 Å². The van der Waals surface area contributed by atoms with Crippen LogP contribution < -0.4 is 5.32 Å². The first-order valence-corrected chi connectivity index (χ1v) is 6.38. The third kappa shape index (κ3) is 5.92. The van der Waals surface area contributed by atoms with Crippen LogP contribution in [0.2, 0.25) is 5.02 Å². The quantitative estimate of drug-likeness (QED) is 0.906. The molecule has 1 rings (SSSR count). The van der Waals surface area contributed by atoms with Crippen molar-refractivity contribution in [1.29, 1.82) is 0 Å². The number of alkyl carbamates (subject to hydrolysis) is 1. The molecular weight excluding hydrogens is 250 g/mol. The van der Waals surface area contributed by atoms with Gasteiger partial charge in [-0.05, 0) is 51.8 Å². The van der Waals surface area contributed by atoms with Crippen LogP contribution in [-0.2, 0) is 11.2 Å². The molecule has 0 aliphatic carbocycles. The Bertz CT molecular complexity index is 395. The normalized spacial score (nSPS) is 12.9. The van der Waals surface area contributed by atoms with Gasteiger partial charge in [0.2, 0.25) is 0 Å². The molecule has 0 bridgehead atoms. The van der Waals surface area contributed by atoms with Gasteiger partial charge >= 0.3 is 6.09 Å². The molecule has 18 heavy (non-hydrogen) atoms. The third-order valence-corrected chi connectivity index (χ3v) is 2.47. The maximum Gasteiger partial charge on any atom is 0.407 e. The molecular formula is C14H20ClNO2. The summed E-state index contributed by atoms with van der Waals surface area (Å²) in [7, 11) is 0. The minimum absolute atomic E-state index is 0.0148. The smallest absolute Gasteiger partial charge is 0.407 e. The maximum absolute atomic E-state index is 11.6. The van der Waals surface area contributed by atoms with Crippen molar-refractivity contribution < 1.29 is 9.53 Å². The Balaban J connectivity index is 2.44. The second kappa shape index (κ2) is 6.10. The van der Waals surface area contributed by atoms with Crippen molar-refractivity contribution in [3.63, 3.8) is 0 Å². The average molecular weight is 270 g/mol. The summed E-state index contributed by atoms with van der Waals surface area (Å²) in [6.45, 7) is 7.47. The molecule has 0 saturated heterocycles. The molecule has 0 saturated carbocycles. The Morgan fingerprint density at radius 2 is 1.89 bits per heavy atom. The lowest BCUT2D eigenvalue weighted by atomic mass is 10.1. The van der Waals surface area contributed by atoms with Crippen molar-refractivity contribution in [3.8, 4) is 0 Å². The van der Waals surface area contributed by atoms with E-state index in [0.29, 0.717) is 5.02 Å². The lowest BCUT2D eigenvalue weighted by Crippen LogP contribution is -2.38. The maximum atomic E-state index is 11.6. The Labute approximate surface area is 113 Å². The van der Waals surface area contributed by atoms with Gasteiger partial charge in [-0.15, -0.1) is 0 Å². The summed E-state index contributed by atoms with van der Waals surface area (Å²) in [6, 6.07) is 7.61. The zero-order chi connectivity index (χ0) is 13.8. The molecule has 1 aromatic carbocycles. The van der Waals surface area contributed by atoms with Crippen LogP contribution in [0.5, 0.6) is 0 Å². The van der Waals surface area contributed by atoms with Gasteiger partial charge in [-0.2, -0.15) is 0 Å². The third-order valence-electron chi connectivity index (χ3n) is 2.22. The molecule has 100 valence electrons. The number of ether oxygens (including phenoxy) is 1. The molecule has 1 unspecified atom stereocenters. The molecule has 0 heterocycles. The molecule has 0 spiro atoms. The Kier molecular flexibility index (Phi) is 5.03. The van der Waals surface area contributed by atoms with Crippen molar-refractivity contribution in [2.24, 2.45) is 0 Å². The molecule has 0 aliphatic heterocycles. The minimum Gasteiger partial charge on any atom is -0.444 e. The molecule has 0 aromatic heterocycles. The zero-order valence-corrected chi connectivity index (χ0v) is 12.0. The van der Waals surface area contributed by atoms with Gasteiger partial charge in [-0.1, -0.05) is 23.7 Å². The van der Waals surface area contributed by atoms with E-state index in [4.69, 9.17) is 16.3 Å². The zero-order valence-electron chi connectivity index (χ0n) is 11.3. The van der Waals surface area contributed by atoms with Gasteiger partial charge in [0.1, 0.15) is 5.60 Å². The number of halogens is 1. The van der Waals surface area contributed by atoms with Gasteiger partial charge < -0.3 is 10.1 Å². The first-order valence-electron chi connectivity index (χ1n) is 6.00. The summed E-state index contributed by atoms with van der Waals surface area (Å²) in [5, 5.41) is 3.52. The summed E-state index contributed by atoms with van der Waals surface area (Å²) >= 11 is 5.82. The SMILES string of the molecule is CC(Cc1ccc(Cl)cc1)NC(=O)OC(C)(C)C. The van der Waals surface area contributed by atoms with Crippen LogP contribution in [-0.4, -0.2) is 17.7 Å². The fraction of sp³-hybridized carbons (Fsp3) is 0.500. The summed E-state index contributed by atoms with van der Waals surface area (Å²) in [5.41, 5.74) is 0.660. The van der Waals surface area contributed by atoms with Gasteiger partial charge in [0.25, 0.3) is 0 Å². The van der Waals surface area contributed by atoms with E-state index in [0.717, 1.165) is 12.0 Å².